The number of nitrogens with one attached hydrogen (secondary N) is 1. The van der Waals surface area contributed by atoms with Crippen molar-refractivity contribution >= 4 is 17.5 Å². The van der Waals surface area contributed by atoms with Gasteiger partial charge in [0.15, 0.2) is 0 Å². The van der Waals surface area contributed by atoms with Gasteiger partial charge in [-0.25, -0.2) is 4.39 Å². The summed E-state index contributed by atoms with van der Waals surface area (Å²) in [4.78, 5) is 18.1. The highest BCUT2D eigenvalue weighted by Gasteiger charge is 2.31. The molecule has 0 bridgehead atoms. The number of hydrogen-bond acceptors (Lipinski definition) is 3. The first-order valence-corrected chi connectivity index (χ1v) is 14.9. The largest absolute Gasteiger partial charge is 0.369 e. The number of rotatable bonds is 8. The lowest BCUT2D eigenvalue weighted by molar-refractivity contribution is -0.119. The SMILES string of the molecule is C=C(CC(C)(C)C)N1Cc2ccccc2C(NC(=O)C(=C(C)C)N2C=C(Cl)C=C(CCc3c(C)cccc3F)C2=C)C1. The van der Waals surface area contributed by atoms with Gasteiger partial charge < -0.3 is 15.1 Å². The van der Waals surface area contributed by atoms with Crippen LogP contribution in [0.2, 0.25) is 0 Å². The van der Waals surface area contributed by atoms with E-state index < -0.39 is 0 Å². The molecule has 2 heterocycles. The Morgan fingerprint density at radius 2 is 1.83 bits per heavy atom. The summed E-state index contributed by atoms with van der Waals surface area (Å²) in [5, 5.41) is 3.81. The molecule has 0 fully saturated rings. The third kappa shape index (κ3) is 7.25. The minimum Gasteiger partial charge on any atom is -0.369 e. The number of aryl methyl sites for hydroxylation is 1. The third-order valence-corrected chi connectivity index (χ3v) is 8.04. The summed E-state index contributed by atoms with van der Waals surface area (Å²) in [6, 6.07) is 13.2. The zero-order valence-corrected chi connectivity index (χ0v) is 26.5. The van der Waals surface area contributed by atoms with Crippen molar-refractivity contribution in [3.05, 3.63) is 129 Å². The number of halogens is 2. The van der Waals surface area contributed by atoms with Crippen LogP contribution in [0.5, 0.6) is 0 Å². The van der Waals surface area contributed by atoms with E-state index in [9.17, 15) is 9.18 Å². The van der Waals surface area contributed by atoms with Crippen LogP contribution in [-0.4, -0.2) is 22.3 Å². The van der Waals surface area contributed by atoms with Crippen LogP contribution in [0.15, 0.2) is 101 Å². The van der Waals surface area contributed by atoms with Gasteiger partial charge in [-0.1, -0.05) is 81.9 Å². The topological polar surface area (TPSA) is 35.6 Å². The van der Waals surface area contributed by atoms with E-state index in [0.29, 0.717) is 41.4 Å². The Bertz CT molecular complexity index is 1470. The molecule has 0 aliphatic carbocycles. The van der Waals surface area contributed by atoms with Gasteiger partial charge in [0.25, 0.3) is 5.91 Å². The normalized spacial score (nSPS) is 16.9. The maximum Gasteiger partial charge on any atom is 0.268 e. The molecule has 0 saturated carbocycles. The van der Waals surface area contributed by atoms with Crippen molar-refractivity contribution in [3.63, 3.8) is 0 Å². The Morgan fingerprint density at radius 3 is 2.50 bits per heavy atom. The molecule has 42 heavy (non-hydrogen) atoms. The van der Waals surface area contributed by atoms with Crippen LogP contribution >= 0.6 is 11.6 Å². The molecule has 0 spiro atoms. The monoisotopic (exact) mass is 587 g/mol. The highest BCUT2D eigenvalue weighted by molar-refractivity contribution is 6.31. The van der Waals surface area contributed by atoms with Crippen molar-refractivity contribution in [1.29, 1.82) is 0 Å². The summed E-state index contributed by atoms with van der Waals surface area (Å²) < 4.78 is 14.5. The van der Waals surface area contributed by atoms with Crippen LogP contribution in [0.3, 0.4) is 0 Å². The Labute approximate surface area is 255 Å². The Morgan fingerprint density at radius 1 is 1.12 bits per heavy atom. The Kier molecular flexibility index (Phi) is 9.52. The number of nitrogens with zero attached hydrogens (tertiary/aromatic N) is 2. The molecule has 1 amide bonds. The van der Waals surface area contributed by atoms with Crippen LogP contribution in [0, 0.1) is 18.2 Å². The molecule has 0 radical (unpaired) electrons. The number of carbonyl (C=O) groups is 1. The molecule has 4 nitrogen and oxygen atoms in total. The average Bonchev–Trinajstić information content (AvgIpc) is 2.89. The zero-order valence-electron chi connectivity index (χ0n) is 25.8. The van der Waals surface area contributed by atoms with Crippen LogP contribution in [0.1, 0.15) is 75.8 Å². The minimum absolute atomic E-state index is 0.110. The molecule has 1 unspecified atom stereocenters. The molecule has 1 N–H and O–H groups in total. The summed E-state index contributed by atoms with van der Waals surface area (Å²) in [6.45, 7) is 22.5. The summed E-state index contributed by atoms with van der Waals surface area (Å²) in [5.74, 6) is -0.418. The van der Waals surface area contributed by atoms with Crippen molar-refractivity contribution in [3.8, 4) is 0 Å². The van der Waals surface area contributed by atoms with Gasteiger partial charge in [-0.3, -0.25) is 4.79 Å². The molecule has 0 saturated heterocycles. The Balaban J connectivity index is 1.56. The number of benzene rings is 2. The highest BCUT2D eigenvalue weighted by Crippen LogP contribution is 2.35. The van der Waals surface area contributed by atoms with Crippen molar-refractivity contribution in [1.82, 2.24) is 15.1 Å². The van der Waals surface area contributed by atoms with E-state index in [1.54, 1.807) is 17.2 Å². The third-order valence-electron chi connectivity index (χ3n) is 7.83. The van der Waals surface area contributed by atoms with Gasteiger partial charge in [-0.15, -0.1) is 0 Å². The van der Waals surface area contributed by atoms with Crippen molar-refractivity contribution in [2.45, 2.75) is 73.4 Å². The second-order valence-electron chi connectivity index (χ2n) is 12.8. The molecule has 6 heteroatoms. The zero-order chi connectivity index (χ0) is 30.8. The molecule has 1 atom stereocenters. The van der Waals surface area contributed by atoms with Gasteiger partial charge in [0.2, 0.25) is 0 Å². The average molecular weight is 588 g/mol. The maximum absolute atomic E-state index is 14.5. The van der Waals surface area contributed by atoms with E-state index in [2.05, 4.69) is 56.3 Å². The first-order valence-electron chi connectivity index (χ1n) is 14.5. The van der Waals surface area contributed by atoms with E-state index in [0.717, 1.165) is 40.9 Å². The summed E-state index contributed by atoms with van der Waals surface area (Å²) in [7, 11) is 0. The number of hydrogen-bond donors (Lipinski definition) is 1. The van der Waals surface area contributed by atoms with Crippen molar-refractivity contribution in [2.24, 2.45) is 5.41 Å². The second kappa shape index (κ2) is 12.7. The number of carbonyl (C=O) groups excluding carboxylic acids is 1. The lowest BCUT2D eigenvalue weighted by atomic mass is 9.88. The predicted molar refractivity (Wildman–Crippen MR) is 172 cm³/mol. The van der Waals surface area contributed by atoms with Crippen LogP contribution in [0.25, 0.3) is 0 Å². The molecule has 0 aromatic heterocycles. The van der Waals surface area contributed by atoms with E-state index in [-0.39, 0.29) is 23.2 Å². The maximum atomic E-state index is 14.5. The van der Waals surface area contributed by atoms with Gasteiger partial charge in [-0.05, 0) is 91.0 Å². The fraction of sp³-hybridized carbons (Fsp3) is 0.361. The van der Waals surface area contributed by atoms with Crippen molar-refractivity contribution < 1.29 is 9.18 Å². The molecule has 2 aromatic rings. The first-order chi connectivity index (χ1) is 19.7. The number of fused-ring (bicyclic) bond motifs is 1. The van der Waals surface area contributed by atoms with Crippen LogP contribution < -0.4 is 5.32 Å². The Hall–Kier alpha value is -3.57. The molecule has 2 aromatic carbocycles. The fourth-order valence-corrected chi connectivity index (χ4v) is 6.03. The molecule has 2 aliphatic heterocycles. The lowest BCUT2D eigenvalue weighted by Crippen LogP contribution is -2.44. The number of amides is 1. The van der Waals surface area contributed by atoms with Gasteiger partial charge in [-0.2, -0.15) is 0 Å². The van der Waals surface area contributed by atoms with E-state index >= 15 is 0 Å². The summed E-state index contributed by atoms with van der Waals surface area (Å²) in [6.07, 6.45) is 5.50. The quantitative estimate of drug-likeness (QED) is 0.313. The fourth-order valence-electron chi connectivity index (χ4n) is 5.80. The number of allylic oxidation sites excluding steroid dienone is 5. The second-order valence-corrected chi connectivity index (χ2v) is 13.2. The van der Waals surface area contributed by atoms with Gasteiger partial charge in [0.1, 0.15) is 11.5 Å². The lowest BCUT2D eigenvalue weighted by Gasteiger charge is -2.39. The van der Waals surface area contributed by atoms with Gasteiger partial charge in [0.05, 0.1) is 11.1 Å². The first kappa shape index (κ1) is 31.4. The van der Waals surface area contributed by atoms with Crippen molar-refractivity contribution in [2.75, 3.05) is 6.54 Å². The van der Waals surface area contributed by atoms with Gasteiger partial charge in [0, 0.05) is 30.7 Å². The minimum atomic E-state index is -0.218. The molecular formula is C36H43ClFN3O. The standard InChI is InChI=1S/C36H43ClFN3O/c1-23(2)34(41-21-29(37)18-27(26(41)5)16-17-30-24(3)12-11-15-32(30)38)35(42)39-33-22-40(25(4)19-36(6,7)8)20-28-13-9-10-14-31(28)33/h9-15,18,21,33H,4-5,16-17,19-20,22H2,1-3,6-8H3,(H,39,42). The smallest absolute Gasteiger partial charge is 0.268 e. The molecule has 2 aliphatic rings. The molecule has 4 rings (SSSR count). The van der Waals surface area contributed by atoms with E-state index in [4.69, 9.17) is 11.6 Å². The molecular weight excluding hydrogens is 545 g/mol. The predicted octanol–water partition coefficient (Wildman–Crippen LogP) is 8.82. The molecule has 222 valence electrons. The highest BCUT2D eigenvalue weighted by atomic mass is 35.5. The van der Waals surface area contributed by atoms with E-state index in [1.165, 1.54) is 11.6 Å². The van der Waals surface area contributed by atoms with Gasteiger partial charge >= 0.3 is 0 Å². The summed E-state index contributed by atoms with van der Waals surface area (Å²) in [5.41, 5.74) is 7.90. The van der Waals surface area contributed by atoms with E-state index in [1.807, 2.05) is 45.0 Å². The van der Waals surface area contributed by atoms with Crippen LogP contribution in [0.4, 0.5) is 4.39 Å². The summed E-state index contributed by atoms with van der Waals surface area (Å²) >= 11 is 6.59. The van der Waals surface area contributed by atoms with Crippen LogP contribution in [-0.2, 0) is 17.8 Å².